The fraction of sp³-hybridized carbons (Fsp3) is 0.688. The second-order valence-corrected chi connectivity index (χ2v) is 24.4. The van der Waals surface area contributed by atoms with E-state index in [-0.39, 0.29) is 99.4 Å². The van der Waals surface area contributed by atoms with Gasteiger partial charge in [-0.3, -0.25) is 48.2 Å². The summed E-state index contributed by atoms with van der Waals surface area (Å²) in [7, 11) is 0. The average molecular weight is 1170 g/mol. The van der Waals surface area contributed by atoms with Crippen LogP contribution in [-0.4, -0.2) is 176 Å². The van der Waals surface area contributed by atoms with Crippen molar-refractivity contribution in [2.75, 3.05) is 78.9 Å². The fourth-order valence-electron chi connectivity index (χ4n) is 9.85. The lowest BCUT2D eigenvalue weighted by atomic mass is 9.88. The van der Waals surface area contributed by atoms with Crippen molar-refractivity contribution in [1.29, 1.82) is 0 Å². The molecule has 4 saturated heterocycles. The lowest BCUT2D eigenvalue weighted by molar-refractivity contribution is -0.139. The number of aliphatic carboxylic acids is 1. The number of carboxylic acids is 1. The molecule has 0 aliphatic carbocycles. The number of carboxylic acid groups (broad SMARTS) is 1. The van der Waals surface area contributed by atoms with Gasteiger partial charge in [0.1, 0.15) is 17.0 Å². The summed E-state index contributed by atoms with van der Waals surface area (Å²) in [5.74, 6) is -2.49. The van der Waals surface area contributed by atoms with Gasteiger partial charge in [-0.1, -0.05) is 131 Å². The number of rotatable bonds is 31. The smallest absolute Gasteiger partial charge is 0.317 e. The Labute approximate surface area is 496 Å². The summed E-state index contributed by atoms with van der Waals surface area (Å²) in [6.07, 6.45) is 2.89. The van der Waals surface area contributed by atoms with Gasteiger partial charge < -0.3 is 45.7 Å². The third kappa shape index (κ3) is 27.5. The number of nitrogens with zero attached hydrogens (tertiary/aromatic N) is 2. The average Bonchev–Trinajstić information content (AvgIpc) is 4.47. The first-order chi connectivity index (χ1) is 38.3. The molecule has 19 nitrogen and oxygen atoms in total. The van der Waals surface area contributed by atoms with Crippen molar-refractivity contribution in [1.82, 2.24) is 25.8 Å². The van der Waals surface area contributed by atoms with E-state index in [1.807, 2.05) is 126 Å². The molecule has 4 fully saturated rings. The summed E-state index contributed by atoms with van der Waals surface area (Å²) in [6, 6.07) is 16.6. The monoisotopic (exact) mass is 1160 g/mol. The van der Waals surface area contributed by atoms with Crippen LogP contribution in [0, 0.1) is 35.5 Å². The fourth-order valence-corrected chi connectivity index (χ4v) is 9.85. The molecule has 6 N–H and O–H groups in total. The number of amides is 3. The first-order valence-corrected chi connectivity index (χ1v) is 29.2. The van der Waals surface area contributed by atoms with Gasteiger partial charge in [-0.05, 0) is 87.2 Å². The minimum absolute atomic E-state index is 0. The Morgan fingerprint density at radius 2 is 0.880 bits per heavy atom. The van der Waals surface area contributed by atoms with E-state index in [2.05, 4.69) is 16.0 Å². The Morgan fingerprint density at radius 3 is 1.23 bits per heavy atom. The van der Waals surface area contributed by atoms with Gasteiger partial charge in [0.05, 0.1) is 76.9 Å². The van der Waals surface area contributed by atoms with Crippen molar-refractivity contribution in [2.24, 2.45) is 41.2 Å². The van der Waals surface area contributed by atoms with Crippen LogP contribution in [0.4, 0.5) is 0 Å². The van der Waals surface area contributed by atoms with Crippen molar-refractivity contribution in [3.8, 4) is 0 Å². The summed E-state index contributed by atoms with van der Waals surface area (Å²) in [6.45, 7) is 26.0. The van der Waals surface area contributed by atoms with E-state index in [9.17, 15) is 38.4 Å². The standard InChI is InChI=1S/C31H47N3O6.C25H38N2O4.C6H11NO3.2CH4/c1-21(2)15-25(32-28(36)19-34-11-13-39-14-12-34)27(35)18-24(17-23-9-7-6-8-10-23)30(38)33-26(16-22(3)4)29(37)31(5)20-40-31;1-16(2)11-20(26)22(28)14-19(13-18-9-7-6-8-10-18)24(30)27-21(12-17(3)4)23(29)25(5)15-31-25;8-6(9)5-7-1-3-10-4-2-7;;/h6-10,21-22,24-26H,11-20H2,1-5H3,(H,32,36)(H,33,38);6-10,16-17,19-21H,11-15,26H2,1-5H3,(H,27,30);1-5H2,(H,8,9);2*1H4/t24-,25+,26+,31-;19-,20+,21+,25-;;;/m11.../s1. The molecular formula is C64H104N6O13. The number of nitrogens with one attached hydrogen (secondary N) is 3. The highest BCUT2D eigenvalue weighted by atomic mass is 16.6. The van der Waals surface area contributed by atoms with Gasteiger partial charge in [0.25, 0.3) is 0 Å². The third-order valence-corrected chi connectivity index (χ3v) is 14.7. The van der Waals surface area contributed by atoms with Crippen LogP contribution < -0.4 is 21.7 Å². The Balaban J connectivity index is 0.000000484. The Morgan fingerprint density at radius 1 is 0.530 bits per heavy atom. The van der Waals surface area contributed by atoms with Crippen molar-refractivity contribution in [3.63, 3.8) is 0 Å². The van der Waals surface area contributed by atoms with E-state index in [0.29, 0.717) is 97.2 Å². The lowest BCUT2D eigenvalue weighted by Gasteiger charge is -2.28. The lowest BCUT2D eigenvalue weighted by Crippen LogP contribution is -2.50. The molecule has 468 valence electrons. The molecule has 4 aliphatic heterocycles. The number of carbonyl (C=O) groups is 8. The zero-order valence-corrected chi connectivity index (χ0v) is 50.0. The molecular weight excluding hydrogens is 1060 g/mol. The molecule has 2 aromatic rings. The van der Waals surface area contributed by atoms with Crippen LogP contribution in [0.5, 0.6) is 0 Å². The molecule has 6 rings (SSSR count). The zero-order chi connectivity index (χ0) is 59.9. The first-order valence-electron chi connectivity index (χ1n) is 29.2. The van der Waals surface area contributed by atoms with Crippen LogP contribution in [0.3, 0.4) is 0 Å². The predicted molar refractivity (Wildman–Crippen MR) is 322 cm³/mol. The second kappa shape index (κ2) is 36.5. The van der Waals surface area contributed by atoms with Gasteiger partial charge >= 0.3 is 5.97 Å². The zero-order valence-electron chi connectivity index (χ0n) is 50.0. The van der Waals surface area contributed by atoms with E-state index in [4.69, 9.17) is 29.8 Å². The summed E-state index contributed by atoms with van der Waals surface area (Å²) in [4.78, 5) is 106. The normalized spacial score (nSPS) is 20.7. The highest BCUT2D eigenvalue weighted by Crippen LogP contribution is 2.31. The topological polar surface area (TPSA) is 269 Å². The van der Waals surface area contributed by atoms with Gasteiger partial charge in [-0.15, -0.1) is 0 Å². The van der Waals surface area contributed by atoms with Crippen molar-refractivity contribution in [3.05, 3.63) is 71.8 Å². The molecule has 0 spiro atoms. The van der Waals surface area contributed by atoms with E-state index < -0.39 is 53.2 Å². The second-order valence-electron chi connectivity index (χ2n) is 24.4. The molecule has 2 aromatic carbocycles. The van der Waals surface area contributed by atoms with Crippen LogP contribution >= 0.6 is 0 Å². The summed E-state index contributed by atoms with van der Waals surface area (Å²) in [5, 5.41) is 17.2. The highest BCUT2D eigenvalue weighted by Gasteiger charge is 2.51. The van der Waals surface area contributed by atoms with E-state index in [1.54, 1.807) is 13.8 Å². The Bertz CT molecular complexity index is 2310. The first kappa shape index (κ1) is 73.8. The third-order valence-electron chi connectivity index (χ3n) is 14.7. The number of ether oxygens (including phenoxy) is 4. The van der Waals surface area contributed by atoms with Crippen molar-refractivity contribution >= 4 is 46.8 Å². The predicted octanol–water partition coefficient (Wildman–Crippen LogP) is 6.30. The highest BCUT2D eigenvalue weighted by molar-refractivity contribution is 5.99. The molecule has 3 amide bonds. The van der Waals surface area contributed by atoms with Crippen molar-refractivity contribution < 1.29 is 62.4 Å². The van der Waals surface area contributed by atoms with Crippen LogP contribution in [-0.2, 0) is 70.1 Å². The molecule has 83 heavy (non-hydrogen) atoms. The number of morpholine rings is 2. The molecule has 0 aromatic heterocycles. The Hall–Kier alpha value is -5.28. The number of hydrogen-bond acceptors (Lipinski definition) is 15. The van der Waals surface area contributed by atoms with Gasteiger partial charge in [0.15, 0.2) is 17.3 Å². The molecule has 4 aliphatic rings. The minimum Gasteiger partial charge on any atom is -0.480 e. The van der Waals surface area contributed by atoms with Gasteiger partial charge in [-0.25, -0.2) is 0 Å². The molecule has 0 unspecified atom stereocenters. The number of hydrogen-bond donors (Lipinski definition) is 5. The summed E-state index contributed by atoms with van der Waals surface area (Å²) >= 11 is 0. The van der Waals surface area contributed by atoms with Crippen LogP contribution in [0.2, 0.25) is 0 Å². The summed E-state index contributed by atoms with van der Waals surface area (Å²) < 4.78 is 21.1. The van der Waals surface area contributed by atoms with Gasteiger partial charge in [-0.2, -0.15) is 0 Å². The molecule has 19 heteroatoms. The van der Waals surface area contributed by atoms with E-state index in [0.717, 1.165) is 24.2 Å². The summed E-state index contributed by atoms with van der Waals surface area (Å²) in [5.41, 5.74) is 6.32. The maximum atomic E-state index is 13.7. The van der Waals surface area contributed by atoms with Crippen LogP contribution in [0.1, 0.15) is 134 Å². The van der Waals surface area contributed by atoms with Gasteiger partial charge in [0.2, 0.25) is 17.7 Å². The number of carbonyl (C=O) groups excluding carboxylic acids is 7. The molecule has 0 bridgehead atoms. The maximum Gasteiger partial charge on any atom is 0.317 e. The minimum atomic E-state index is -0.856. The number of Topliss-reactive ketones (excluding diaryl/α,β-unsaturated/α-hetero) is 4. The SMILES string of the molecule is C.C.CC(C)C[C@H](NC(=O)CN1CCOCC1)C(=O)C[C@@H](Cc1ccccc1)C(=O)N[C@@H](CC(C)C)C(=O)[C@@]1(C)CO1.CC(C)C[C@H](NC(=O)[C@@H](CC(=O)[C@@H](N)CC(C)C)Cc1ccccc1)C(=O)[C@@]1(C)CO1.O=C(O)CN1CCOCC1. The van der Waals surface area contributed by atoms with Crippen molar-refractivity contribution in [2.45, 2.75) is 171 Å². The number of benzene rings is 2. The maximum absolute atomic E-state index is 13.7. The number of ketones is 4. The quantitative estimate of drug-likeness (QED) is 0.0519. The molecule has 0 saturated carbocycles. The molecule has 8 atom stereocenters. The number of epoxide rings is 2. The Kier molecular flexibility index (Phi) is 32.5. The molecule has 4 heterocycles. The van der Waals surface area contributed by atoms with Crippen LogP contribution in [0.15, 0.2) is 60.7 Å². The van der Waals surface area contributed by atoms with Crippen LogP contribution in [0.25, 0.3) is 0 Å². The van der Waals surface area contributed by atoms with Gasteiger partial charge in [0, 0.05) is 50.9 Å². The molecule has 0 radical (unpaired) electrons. The largest absolute Gasteiger partial charge is 0.480 e. The number of nitrogens with two attached hydrogens (primary N) is 1. The van der Waals surface area contributed by atoms with E-state index >= 15 is 0 Å². The van der Waals surface area contributed by atoms with E-state index in [1.165, 1.54) is 0 Å².